The number of aromatic nitrogens is 3. The number of aryl methyl sites for hydroxylation is 1. The Kier molecular flexibility index (Phi) is 4.56. The molecule has 3 rings (SSSR count). The van der Waals surface area contributed by atoms with Crippen LogP contribution < -0.4 is 11.1 Å². The topological polar surface area (TPSA) is 103 Å². The van der Waals surface area contributed by atoms with E-state index in [-0.39, 0.29) is 5.69 Å². The van der Waals surface area contributed by atoms with E-state index >= 15 is 0 Å². The van der Waals surface area contributed by atoms with Gasteiger partial charge >= 0.3 is 0 Å². The molecule has 25 heavy (non-hydrogen) atoms. The van der Waals surface area contributed by atoms with Crippen LogP contribution in [-0.4, -0.2) is 26.8 Å². The van der Waals surface area contributed by atoms with Crippen molar-refractivity contribution in [2.75, 3.05) is 0 Å². The Hall–Kier alpha value is -3.48. The summed E-state index contributed by atoms with van der Waals surface area (Å²) < 4.78 is 1.50. The molecule has 7 nitrogen and oxygen atoms in total. The van der Waals surface area contributed by atoms with Crippen molar-refractivity contribution in [3.8, 4) is 5.69 Å². The second-order valence-corrected chi connectivity index (χ2v) is 5.60. The molecule has 3 aromatic rings. The van der Waals surface area contributed by atoms with Crippen LogP contribution in [0.15, 0.2) is 60.8 Å². The fraction of sp³-hybridized carbons (Fsp3) is 0.111. The number of primary amides is 1. The van der Waals surface area contributed by atoms with E-state index in [1.54, 1.807) is 24.3 Å². The zero-order valence-corrected chi connectivity index (χ0v) is 13.6. The molecule has 2 aromatic carbocycles. The molecular formula is C18H17N5O2. The largest absolute Gasteiger partial charge is 0.368 e. The van der Waals surface area contributed by atoms with Gasteiger partial charge < -0.3 is 11.1 Å². The predicted molar refractivity (Wildman–Crippen MR) is 91.9 cm³/mol. The molecule has 0 aliphatic carbocycles. The Morgan fingerprint density at radius 2 is 1.76 bits per heavy atom. The summed E-state index contributed by atoms with van der Waals surface area (Å²) in [4.78, 5) is 24.1. The summed E-state index contributed by atoms with van der Waals surface area (Å²) in [5.74, 6) is -1.17. The van der Waals surface area contributed by atoms with Crippen molar-refractivity contribution in [2.24, 2.45) is 5.73 Å². The second kappa shape index (κ2) is 6.96. The monoisotopic (exact) mass is 335 g/mol. The number of carbonyl (C=O) groups is 2. The van der Waals surface area contributed by atoms with Crippen LogP contribution in [0.5, 0.6) is 0 Å². The van der Waals surface area contributed by atoms with E-state index < -0.39 is 17.9 Å². The minimum atomic E-state index is -0.932. The van der Waals surface area contributed by atoms with Gasteiger partial charge in [0.2, 0.25) is 5.91 Å². The van der Waals surface area contributed by atoms with E-state index in [9.17, 15) is 9.59 Å². The maximum atomic E-state index is 12.4. The van der Waals surface area contributed by atoms with Crippen LogP contribution >= 0.6 is 0 Å². The molecule has 1 atom stereocenters. The summed E-state index contributed by atoms with van der Waals surface area (Å²) >= 11 is 0. The van der Waals surface area contributed by atoms with Crippen LogP contribution in [0.3, 0.4) is 0 Å². The number of carbonyl (C=O) groups excluding carboxylic acids is 2. The minimum absolute atomic E-state index is 0.0998. The summed E-state index contributed by atoms with van der Waals surface area (Å²) in [5, 5.41) is 10.4. The van der Waals surface area contributed by atoms with E-state index in [1.165, 1.54) is 10.9 Å². The van der Waals surface area contributed by atoms with Gasteiger partial charge in [0.1, 0.15) is 6.04 Å². The summed E-state index contributed by atoms with van der Waals surface area (Å²) in [7, 11) is 0. The zero-order valence-electron chi connectivity index (χ0n) is 13.6. The Bertz CT molecular complexity index is 887. The molecule has 0 saturated carbocycles. The van der Waals surface area contributed by atoms with Gasteiger partial charge in [-0.2, -0.15) is 0 Å². The van der Waals surface area contributed by atoms with E-state index in [2.05, 4.69) is 15.6 Å². The van der Waals surface area contributed by atoms with Gasteiger partial charge in [-0.25, -0.2) is 4.68 Å². The van der Waals surface area contributed by atoms with Gasteiger partial charge in [-0.15, -0.1) is 5.10 Å². The fourth-order valence-electron chi connectivity index (χ4n) is 2.36. The average molecular weight is 335 g/mol. The lowest BCUT2D eigenvalue weighted by molar-refractivity contribution is -0.120. The van der Waals surface area contributed by atoms with Gasteiger partial charge in [0.15, 0.2) is 5.69 Å². The lowest BCUT2D eigenvalue weighted by Crippen LogP contribution is -2.37. The number of rotatable bonds is 5. The molecule has 3 N–H and O–H groups in total. The fourth-order valence-corrected chi connectivity index (χ4v) is 2.36. The Morgan fingerprint density at radius 3 is 2.40 bits per heavy atom. The zero-order chi connectivity index (χ0) is 17.8. The number of hydrogen-bond donors (Lipinski definition) is 2. The van der Waals surface area contributed by atoms with Crippen molar-refractivity contribution < 1.29 is 9.59 Å². The third-order valence-corrected chi connectivity index (χ3v) is 3.72. The van der Waals surface area contributed by atoms with E-state index in [0.717, 1.165) is 11.3 Å². The Balaban J connectivity index is 1.79. The first-order chi connectivity index (χ1) is 12.0. The van der Waals surface area contributed by atoms with Gasteiger partial charge in [-0.1, -0.05) is 53.2 Å². The maximum Gasteiger partial charge on any atom is 0.274 e. The van der Waals surface area contributed by atoms with Gasteiger partial charge in [0.25, 0.3) is 5.91 Å². The third kappa shape index (κ3) is 3.72. The third-order valence-electron chi connectivity index (χ3n) is 3.72. The molecule has 2 amide bonds. The first kappa shape index (κ1) is 16.4. The standard InChI is InChI=1S/C18H17N5O2/c1-12-7-9-14(10-8-12)23-11-15(21-22-23)18(25)20-16(17(19)24)13-5-3-2-4-6-13/h2-11,16H,1H3,(H2,19,24)(H,20,25)/t16-/m1/s1. The number of nitrogens with one attached hydrogen (secondary N) is 1. The number of benzene rings is 2. The molecule has 1 aromatic heterocycles. The highest BCUT2D eigenvalue weighted by Gasteiger charge is 2.22. The van der Waals surface area contributed by atoms with Crippen LogP contribution in [0.2, 0.25) is 0 Å². The number of hydrogen-bond acceptors (Lipinski definition) is 4. The van der Waals surface area contributed by atoms with Crippen LogP contribution in [0.4, 0.5) is 0 Å². The van der Waals surface area contributed by atoms with Crippen LogP contribution in [0.25, 0.3) is 5.69 Å². The summed E-state index contributed by atoms with van der Waals surface area (Å²) in [6, 6.07) is 15.5. The van der Waals surface area contributed by atoms with E-state index in [0.29, 0.717) is 5.56 Å². The average Bonchev–Trinajstić information content (AvgIpc) is 3.11. The smallest absolute Gasteiger partial charge is 0.274 e. The van der Waals surface area contributed by atoms with Gasteiger partial charge in [-0.05, 0) is 24.6 Å². The number of nitrogens with zero attached hydrogens (tertiary/aromatic N) is 3. The van der Waals surface area contributed by atoms with E-state index in [1.807, 2.05) is 37.3 Å². The van der Waals surface area contributed by atoms with Crippen molar-refractivity contribution in [3.05, 3.63) is 77.6 Å². The van der Waals surface area contributed by atoms with Crippen LogP contribution in [0.1, 0.15) is 27.7 Å². The normalized spacial score (nSPS) is 11.7. The van der Waals surface area contributed by atoms with Crippen molar-refractivity contribution in [3.63, 3.8) is 0 Å². The van der Waals surface area contributed by atoms with Crippen molar-refractivity contribution in [1.29, 1.82) is 0 Å². The molecule has 7 heteroatoms. The van der Waals surface area contributed by atoms with Crippen LogP contribution in [0, 0.1) is 6.92 Å². The van der Waals surface area contributed by atoms with Gasteiger partial charge in [0, 0.05) is 0 Å². The minimum Gasteiger partial charge on any atom is -0.368 e. The van der Waals surface area contributed by atoms with Crippen molar-refractivity contribution in [2.45, 2.75) is 13.0 Å². The van der Waals surface area contributed by atoms with Crippen molar-refractivity contribution in [1.82, 2.24) is 20.3 Å². The maximum absolute atomic E-state index is 12.4. The van der Waals surface area contributed by atoms with Gasteiger partial charge in [-0.3, -0.25) is 9.59 Å². The van der Waals surface area contributed by atoms with E-state index in [4.69, 9.17) is 5.73 Å². The lowest BCUT2D eigenvalue weighted by atomic mass is 10.1. The number of nitrogens with two attached hydrogens (primary N) is 1. The highest BCUT2D eigenvalue weighted by molar-refractivity contribution is 5.95. The molecule has 0 aliphatic heterocycles. The molecule has 0 fully saturated rings. The molecular weight excluding hydrogens is 318 g/mol. The molecule has 0 bridgehead atoms. The van der Waals surface area contributed by atoms with Crippen LogP contribution in [-0.2, 0) is 4.79 Å². The highest BCUT2D eigenvalue weighted by atomic mass is 16.2. The van der Waals surface area contributed by atoms with Gasteiger partial charge in [0.05, 0.1) is 11.9 Å². The second-order valence-electron chi connectivity index (χ2n) is 5.60. The number of amides is 2. The molecule has 1 heterocycles. The Labute approximate surface area is 144 Å². The quantitative estimate of drug-likeness (QED) is 0.738. The summed E-state index contributed by atoms with van der Waals surface area (Å²) in [5.41, 5.74) is 8.02. The lowest BCUT2D eigenvalue weighted by Gasteiger charge is -2.14. The molecule has 0 spiro atoms. The molecule has 0 unspecified atom stereocenters. The molecule has 126 valence electrons. The molecule has 0 saturated heterocycles. The predicted octanol–water partition coefficient (Wildman–Crippen LogP) is 1.53. The SMILES string of the molecule is Cc1ccc(-n2cc(C(=O)N[C@@H](C(N)=O)c3ccccc3)nn2)cc1. The first-order valence-corrected chi connectivity index (χ1v) is 7.69. The molecule has 0 radical (unpaired) electrons. The summed E-state index contributed by atoms with van der Waals surface area (Å²) in [6.07, 6.45) is 1.50. The first-order valence-electron chi connectivity index (χ1n) is 7.69. The summed E-state index contributed by atoms with van der Waals surface area (Å²) in [6.45, 7) is 1.98. The highest BCUT2D eigenvalue weighted by Crippen LogP contribution is 2.13. The Morgan fingerprint density at radius 1 is 1.08 bits per heavy atom. The van der Waals surface area contributed by atoms with Crippen molar-refractivity contribution >= 4 is 11.8 Å². The molecule has 0 aliphatic rings.